The monoisotopic (exact) mass is 172 g/mol. The molecule has 3 unspecified atom stereocenters. The van der Waals surface area contributed by atoms with E-state index in [0.29, 0.717) is 18.1 Å². The first-order valence-electron chi connectivity index (χ1n) is 4.56. The van der Waals surface area contributed by atoms with Crippen LogP contribution in [0, 0.1) is 5.92 Å². The van der Waals surface area contributed by atoms with Crippen LogP contribution in [-0.2, 0) is 14.2 Å². The molecule has 0 aromatic rings. The summed E-state index contributed by atoms with van der Waals surface area (Å²) < 4.78 is 15.9. The molecule has 2 fully saturated rings. The molecule has 1 heterocycles. The van der Waals surface area contributed by atoms with Gasteiger partial charge in [-0.25, -0.2) is 0 Å². The third-order valence-electron chi connectivity index (χ3n) is 2.89. The van der Waals surface area contributed by atoms with Gasteiger partial charge in [0.2, 0.25) is 0 Å². The minimum absolute atomic E-state index is 0.0323. The fourth-order valence-electron chi connectivity index (χ4n) is 2.16. The van der Waals surface area contributed by atoms with E-state index < -0.39 is 0 Å². The van der Waals surface area contributed by atoms with E-state index in [2.05, 4.69) is 0 Å². The van der Waals surface area contributed by atoms with Gasteiger partial charge < -0.3 is 14.2 Å². The zero-order chi connectivity index (χ0) is 8.55. The lowest BCUT2D eigenvalue weighted by Crippen LogP contribution is -2.29. The lowest BCUT2D eigenvalue weighted by atomic mass is 9.89. The highest BCUT2D eigenvalue weighted by Crippen LogP contribution is 2.41. The molecule has 0 bridgehead atoms. The van der Waals surface area contributed by atoms with Crippen LogP contribution in [-0.4, -0.2) is 32.7 Å². The number of hydrogen-bond donors (Lipinski definition) is 0. The molecule has 1 saturated carbocycles. The second-order valence-corrected chi connectivity index (χ2v) is 3.63. The summed E-state index contributed by atoms with van der Waals surface area (Å²) >= 11 is 0. The maximum absolute atomic E-state index is 5.44. The van der Waals surface area contributed by atoms with E-state index in [1.165, 1.54) is 12.8 Å². The van der Waals surface area contributed by atoms with Crippen molar-refractivity contribution in [1.82, 2.24) is 0 Å². The summed E-state index contributed by atoms with van der Waals surface area (Å²) in [4.78, 5) is 0. The van der Waals surface area contributed by atoms with Crippen molar-refractivity contribution in [2.75, 3.05) is 14.2 Å². The minimum Gasteiger partial charge on any atom is -0.370 e. The Balaban J connectivity index is 1.85. The molecular weight excluding hydrogens is 156 g/mol. The van der Waals surface area contributed by atoms with Crippen molar-refractivity contribution in [2.45, 2.75) is 37.8 Å². The molecule has 12 heavy (non-hydrogen) atoms. The van der Waals surface area contributed by atoms with E-state index >= 15 is 0 Å². The van der Waals surface area contributed by atoms with E-state index in [0.717, 1.165) is 6.42 Å². The molecule has 1 aliphatic heterocycles. The average molecular weight is 172 g/mol. The maximum Gasteiger partial charge on any atom is 0.159 e. The van der Waals surface area contributed by atoms with E-state index in [-0.39, 0.29) is 6.29 Å². The summed E-state index contributed by atoms with van der Waals surface area (Å²) in [6.45, 7) is 0. The zero-order valence-corrected chi connectivity index (χ0v) is 7.66. The van der Waals surface area contributed by atoms with E-state index in [4.69, 9.17) is 14.2 Å². The van der Waals surface area contributed by atoms with Crippen molar-refractivity contribution in [3.8, 4) is 0 Å². The number of methoxy groups -OCH3 is 2. The van der Waals surface area contributed by atoms with Gasteiger partial charge in [0.25, 0.3) is 0 Å². The van der Waals surface area contributed by atoms with Gasteiger partial charge in [-0.1, -0.05) is 0 Å². The first-order chi connectivity index (χ1) is 5.85. The summed E-state index contributed by atoms with van der Waals surface area (Å²) in [5.41, 5.74) is 0. The highest BCUT2D eigenvalue weighted by Gasteiger charge is 2.45. The Hall–Kier alpha value is -0.120. The molecule has 1 aliphatic carbocycles. The van der Waals surface area contributed by atoms with Crippen molar-refractivity contribution in [3.05, 3.63) is 0 Å². The van der Waals surface area contributed by atoms with Crippen LogP contribution in [0.15, 0.2) is 0 Å². The molecule has 0 spiro atoms. The number of hydrogen-bond acceptors (Lipinski definition) is 3. The van der Waals surface area contributed by atoms with Gasteiger partial charge in [-0.05, 0) is 19.3 Å². The van der Waals surface area contributed by atoms with Crippen LogP contribution in [0.3, 0.4) is 0 Å². The van der Waals surface area contributed by atoms with Crippen molar-refractivity contribution < 1.29 is 14.2 Å². The number of epoxide rings is 1. The Morgan fingerprint density at radius 3 is 2.50 bits per heavy atom. The summed E-state index contributed by atoms with van der Waals surface area (Å²) in [5.74, 6) is 0.531. The smallest absolute Gasteiger partial charge is 0.159 e. The summed E-state index contributed by atoms with van der Waals surface area (Å²) in [7, 11) is 3.40. The topological polar surface area (TPSA) is 31.0 Å². The Bertz CT molecular complexity index is 156. The van der Waals surface area contributed by atoms with Gasteiger partial charge in [-0.2, -0.15) is 0 Å². The average Bonchev–Trinajstić information content (AvgIpc) is 2.84. The summed E-state index contributed by atoms with van der Waals surface area (Å²) in [5, 5.41) is 0. The molecule has 0 radical (unpaired) electrons. The lowest BCUT2D eigenvalue weighted by molar-refractivity contribution is -0.142. The quantitative estimate of drug-likeness (QED) is 0.473. The van der Waals surface area contributed by atoms with Crippen LogP contribution in [0.1, 0.15) is 19.3 Å². The van der Waals surface area contributed by atoms with Gasteiger partial charge in [0.05, 0.1) is 12.2 Å². The number of rotatable bonds is 3. The van der Waals surface area contributed by atoms with Gasteiger partial charge in [0.15, 0.2) is 6.29 Å². The molecule has 1 saturated heterocycles. The second kappa shape index (κ2) is 3.32. The fraction of sp³-hybridized carbons (Fsp3) is 1.00. The Labute approximate surface area is 73.0 Å². The second-order valence-electron chi connectivity index (χ2n) is 3.63. The van der Waals surface area contributed by atoms with Gasteiger partial charge >= 0.3 is 0 Å². The van der Waals surface area contributed by atoms with Gasteiger partial charge in [-0.3, -0.25) is 0 Å². The summed E-state index contributed by atoms with van der Waals surface area (Å²) in [6, 6.07) is 0. The molecule has 0 N–H and O–H groups in total. The third-order valence-corrected chi connectivity index (χ3v) is 2.89. The Morgan fingerprint density at radius 1 is 1.17 bits per heavy atom. The first-order valence-corrected chi connectivity index (χ1v) is 4.56. The van der Waals surface area contributed by atoms with Crippen molar-refractivity contribution >= 4 is 0 Å². The molecular formula is C9H16O3. The highest BCUT2D eigenvalue weighted by molar-refractivity contribution is 4.92. The van der Waals surface area contributed by atoms with Crippen LogP contribution in [0.2, 0.25) is 0 Å². The summed E-state index contributed by atoms with van der Waals surface area (Å²) in [6.07, 6.45) is 4.51. The third kappa shape index (κ3) is 1.49. The fourth-order valence-corrected chi connectivity index (χ4v) is 2.16. The Morgan fingerprint density at radius 2 is 1.92 bits per heavy atom. The van der Waals surface area contributed by atoms with Crippen molar-refractivity contribution in [1.29, 1.82) is 0 Å². The van der Waals surface area contributed by atoms with Crippen LogP contribution in [0.4, 0.5) is 0 Å². The molecule has 0 amide bonds. The molecule has 0 aromatic heterocycles. The zero-order valence-electron chi connectivity index (χ0n) is 7.66. The van der Waals surface area contributed by atoms with Gasteiger partial charge in [0, 0.05) is 20.1 Å². The maximum atomic E-state index is 5.44. The van der Waals surface area contributed by atoms with Crippen LogP contribution >= 0.6 is 0 Å². The number of fused-ring (bicyclic) bond motifs is 1. The van der Waals surface area contributed by atoms with E-state index in [1.54, 1.807) is 14.2 Å². The molecule has 0 aromatic carbocycles. The largest absolute Gasteiger partial charge is 0.370 e. The number of ether oxygens (including phenoxy) is 3. The predicted molar refractivity (Wildman–Crippen MR) is 43.8 cm³/mol. The van der Waals surface area contributed by atoms with E-state index in [1.807, 2.05) is 0 Å². The van der Waals surface area contributed by atoms with Crippen LogP contribution in [0.5, 0.6) is 0 Å². The molecule has 2 aliphatic rings. The standard InChI is InChI=1S/C9H16O3/c1-10-9(11-2)6-3-4-7-8(5-6)12-7/h6-9H,3-5H2,1-2H3. The predicted octanol–water partition coefficient (Wildman–Crippen LogP) is 1.17. The van der Waals surface area contributed by atoms with Crippen molar-refractivity contribution in [2.24, 2.45) is 5.92 Å². The molecule has 2 rings (SSSR count). The van der Waals surface area contributed by atoms with Crippen LogP contribution < -0.4 is 0 Å². The lowest BCUT2D eigenvalue weighted by Gasteiger charge is -2.25. The molecule has 70 valence electrons. The van der Waals surface area contributed by atoms with Crippen LogP contribution in [0.25, 0.3) is 0 Å². The normalized spacial score (nSPS) is 39.8. The molecule has 3 atom stereocenters. The van der Waals surface area contributed by atoms with Crippen molar-refractivity contribution in [3.63, 3.8) is 0 Å². The van der Waals surface area contributed by atoms with E-state index in [9.17, 15) is 0 Å². The Kier molecular flexibility index (Phi) is 2.35. The molecule has 3 nitrogen and oxygen atoms in total. The van der Waals surface area contributed by atoms with Gasteiger partial charge in [-0.15, -0.1) is 0 Å². The minimum atomic E-state index is -0.0323. The van der Waals surface area contributed by atoms with Gasteiger partial charge in [0.1, 0.15) is 0 Å². The first kappa shape index (κ1) is 8.48. The highest BCUT2D eigenvalue weighted by atomic mass is 16.7. The SMILES string of the molecule is COC(OC)C1CCC2OC2C1. The molecule has 3 heteroatoms.